The first-order valence-electron chi connectivity index (χ1n) is 18.1. The molecule has 0 saturated carbocycles. The molecule has 0 fully saturated rings. The van der Waals surface area contributed by atoms with Crippen molar-refractivity contribution in [2.24, 2.45) is 0 Å². The molecule has 0 N–H and O–H groups in total. The zero-order chi connectivity index (χ0) is 34.9. The number of para-hydroxylation sites is 2. The molecular formula is C51H31NO. The van der Waals surface area contributed by atoms with Gasteiger partial charge in [-0.3, -0.25) is 0 Å². The maximum absolute atomic E-state index is 6.63. The maximum atomic E-state index is 6.63. The Balaban J connectivity index is 1.13. The summed E-state index contributed by atoms with van der Waals surface area (Å²) >= 11 is 0. The quantitative estimate of drug-likeness (QED) is 0.174. The van der Waals surface area contributed by atoms with Gasteiger partial charge in [-0.2, -0.15) is 0 Å². The standard InChI is InChI=1S/C51H31NO/c1-2-13-32(14-3-1)48-31-45(42-21-8-10-23-47(42)52-48)46-29-36(30-50-51(46)43-22-9-11-24-49(43)53-50)34-16-12-15-33(27-34)35-25-26-41-39-19-5-4-17-37(39)38-18-6-7-20-40(38)44(41)28-35/h1-31H. The fraction of sp³-hybridized carbons (Fsp3) is 0. The lowest BCUT2D eigenvalue weighted by atomic mass is 9.90. The van der Waals surface area contributed by atoms with Gasteiger partial charge in [-0.25, -0.2) is 4.98 Å². The number of aromatic nitrogens is 1. The molecule has 0 bridgehead atoms. The number of hydrogen-bond donors (Lipinski definition) is 0. The molecule has 2 nitrogen and oxygen atoms in total. The molecule has 0 atom stereocenters. The second-order valence-corrected chi connectivity index (χ2v) is 13.9. The first kappa shape index (κ1) is 29.7. The number of nitrogens with zero attached hydrogens (tertiary/aromatic N) is 1. The van der Waals surface area contributed by atoms with E-state index in [2.05, 4.69) is 176 Å². The van der Waals surface area contributed by atoms with Crippen molar-refractivity contribution in [2.45, 2.75) is 0 Å². The third-order valence-electron chi connectivity index (χ3n) is 10.8. The number of benzene rings is 9. The van der Waals surface area contributed by atoms with E-state index in [1.54, 1.807) is 0 Å². The third kappa shape index (κ3) is 4.77. The Bertz CT molecular complexity index is 3190. The summed E-state index contributed by atoms with van der Waals surface area (Å²) in [5.74, 6) is 0. The maximum Gasteiger partial charge on any atom is 0.136 e. The molecule has 0 aliphatic rings. The van der Waals surface area contributed by atoms with Gasteiger partial charge in [0, 0.05) is 21.7 Å². The lowest BCUT2D eigenvalue weighted by Crippen LogP contribution is -1.91. The molecule has 2 heteroatoms. The monoisotopic (exact) mass is 673 g/mol. The van der Waals surface area contributed by atoms with Crippen LogP contribution in [0.4, 0.5) is 0 Å². The molecule has 0 aliphatic carbocycles. The van der Waals surface area contributed by atoms with Crippen LogP contribution in [-0.2, 0) is 0 Å². The van der Waals surface area contributed by atoms with Gasteiger partial charge in [0.05, 0.1) is 11.2 Å². The van der Waals surface area contributed by atoms with Gasteiger partial charge in [0.1, 0.15) is 11.2 Å². The topological polar surface area (TPSA) is 26.0 Å². The minimum Gasteiger partial charge on any atom is -0.456 e. The molecule has 9 aromatic carbocycles. The molecule has 246 valence electrons. The van der Waals surface area contributed by atoms with E-state index >= 15 is 0 Å². The highest BCUT2D eigenvalue weighted by molar-refractivity contribution is 6.26. The molecule has 0 spiro atoms. The number of pyridine rings is 1. The zero-order valence-corrected chi connectivity index (χ0v) is 28.8. The predicted molar refractivity (Wildman–Crippen MR) is 223 cm³/mol. The summed E-state index contributed by atoms with van der Waals surface area (Å²) in [7, 11) is 0. The summed E-state index contributed by atoms with van der Waals surface area (Å²) in [6, 6.07) is 67.4. The molecule has 0 amide bonds. The van der Waals surface area contributed by atoms with Crippen molar-refractivity contribution in [3.8, 4) is 44.6 Å². The minimum absolute atomic E-state index is 0.871. The molecular weight excluding hydrogens is 643 g/mol. The highest BCUT2D eigenvalue weighted by Gasteiger charge is 2.19. The Morgan fingerprint density at radius 3 is 1.62 bits per heavy atom. The van der Waals surface area contributed by atoms with Gasteiger partial charge < -0.3 is 4.42 Å². The predicted octanol–water partition coefficient (Wildman–Crippen LogP) is 14.3. The van der Waals surface area contributed by atoms with E-state index in [1.807, 2.05) is 12.1 Å². The van der Waals surface area contributed by atoms with Gasteiger partial charge in [0.25, 0.3) is 0 Å². The number of rotatable bonds is 4. The van der Waals surface area contributed by atoms with E-state index < -0.39 is 0 Å². The van der Waals surface area contributed by atoms with Crippen molar-refractivity contribution < 1.29 is 4.42 Å². The van der Waals surface area contributed by atoms with Crippen molar-refractivity contribution in [1.29, 1.82) is 0 Å². The van der Waals surface area contributed by atoms with Gasteiger partial charge in [-0.15, -0.1) is 0 Å². The number of furan rings is 1. The lowest BCUT2D eigenvalue weighted by molar-refractivity contribution is 0.669. The molecule has 2 aromatic heterocycles. The van der Waals surface area contributed by atoms with Gasteiger partial charge in [-0.05, 0) is 108 Å². The largest absolute Gasteiger partial charge is 0.456 e. The van der Waals surface area contributed by atoms with E-state index in [0.29, 0.717) is 0 Å². The highest BCUT2D eigenvalue weighted by atomic mass is 16.3. The van der Waals surface area contributed by atoms with Gasteiger partial charge in [0.2, 0.25) is 0 Å². The molecule has 53 heavy (non-hydrogen) atoms. The molecule has 0 radical (unpaired) electrons. The normalized spacial score (nSPS) is 11.8. The van der Waals surface area contributed by atoms with Crippen molar-refractivity contribution in [3.05, 3.63) is 188 Å². The summed E-state index contributed by atoms with van der Waals surface area (Å²) in [6.45, 7) is 0. The summed E-state index contributed by atoms with van der Waals surface area (Å²) in [5, 5.41) is 11.0. The van der Waals surface area contributed by atoms with E-state index in [0.717, 1.165) is 66.4 Å². The van der Waals surface area contributed by atoms with Crippen LogP contribution in [0.1, 0.15) is 0 Å². The van der Waals surface area contributed by atoms with Crippen LogP contribution in [0.25, 0.3) is 110 Å². The summed E-state index contributed by atoms with van der Waals surface area (Å²) in [4.78, 5) is 5.12. The van der Waals surface area contributed by atoms with Crippen LogP contribution in [0.3, 0.4) is 0 Å². The van der Waals surface area contributed by atoms with Crippen LogP contribution in [-0.4, -0.2) is 4.98 Å². The minimum atomic E-state index is 0.871. The molecule has 0 saturated heterocycles. The lowest BCUT2D eigenvalue weighted by Gasteiger charge is -2.14. The van der Waals surface area contributed by atoms with Crippen LogP contribution in [0.5, 0.6) is 0 Å². The van der Waals surface area contributed by atoms with Crippen molar-refractivity contribution in [3.63, 3.8) is 0 Å². The van der Waals surface area contributed by atoms with E-state index in [4.69, 9.17) is 9.40 Å². The van der Waals surface area contributed by atoms with E-state index in [-0.39, 0.29) is 0 Å². The fourth-order valence-corrected chi connectivity index (χ4v) is 8.35. The summed E-state index contributed by atoms with van der Waals surface area (Å²) in [6.07, 6.45) is 0. The molecule has 0 aliphatic heterocycles. The van der Waals surface area contributed by atoms with E-state index in [9.17, 15) is 0 Å². The second-order valence-electron chi connectivity index (χ2n) is 13.9. The van der Waals surface area contributed by atoms with Crippen molar-refractivity contribution >= 4 is 65.2 Å². The van der Waals surface area contributed by atoms with Crippen LogP contribution in [0.15, 0.2) is 192 Å². The van der Waals surface area contributed by atoms with E-state index in [1.165, 1.54) is 43.4 Å². The Labute approximate surface area is 306 Å². The number of fused-ring (bicyclic) bond motifs is 10. The fourth-order valence-electron chi connectivity index (χ4n) is 8.35. The molecule has 0 unspecified atom stereocenters. The zero-order valence-electron chi connectivity index (χ0n) is 28.8. The Morgan fingerprint density at radius 1 is 0.302 bits per heavy atom. The third-order valence-corrected chi connectivity index (χ3v) is 10.8. The molecule has 2 heterocycles. The van der Waals surface area contributed by atoms with Gasteiger partial charge in [-0.1, -0.05) is 146 Å². The average molecular weight is 674 g/mol. The Kier molecular flexibility index (Phi) is 6.59. The Hall–Kier alpha value is -7.03. The smallest absolute Gasteiger partial charge is 0.136 e. The highest BCUT2D eigenvalue weighted by Crippen LogP contribution is 2.44. The average Bonchev–Trinajstić information content (AvgIpc) is 3.62. The van der Waals surface area contributed by atoms with Gasteiger partial charge >= 0.3 is 0 Å². The molecule has 11 rings (SSSR count). The molecule has 11 aromatic rings. The van der Waals surface area contributed by atoms with Gasteiger partial charge in [0.15, 0.2) is 0 Å². The summed E-state index contributed by atoms with van der Waals surface area (Å²) < 4.78 is 6.63. The second kappa shape index (κ2) is 11.8. The first-order valence-corrected chi connectivity index (χ1v) is 18.1. The van der Waals surface area contributed by atoms with Crippen LogP contribution >= 0.6 is 0 Å². The first-order chi connectivity index (χ1) is 26.3. The van der Waals surface area contributed by atoms with Crippen molar-refractivity contribution in [2.75, 3.05) is 0 Å². The number of hydrogen-bond acceptors (Lipinski definition) is 2. The SMILES string of the molecule is c1ccc(-c2cc(-c3cc(-c4cccc(-c5ccc6c7ccccc7c7ccccc7c6c5)c4)cc4oc5ccccc5c34)c3ccccc3n2)cc1. The van der Waals surface area contributed by atoms with Crippen LogP contribution in [0, 0.1) is 0 Å². The Morgan fingerprint density at radius 2 is 0.868 bits per heavy atom. The van der Waals surface area contributed by atoms with Crippen LogP contribution < -0.4 is 0 Å². The van der Waals surface area contributed by atoms with Crippen LogP contribution in [0.2, 0.25) is 0 Å². The van der Waals surface area contributed by atoms with Crippen molar-refractivity contribution in [1.82, 2.24) is 4.98 Å². The summed E-state index contributed by atoms with van der Waals surface area (Å²) in [5.41, 5.74) is 11.6.